The number of nitrogens with zero attached hydrogens (tertiary/aromatic N) is 2. The molecule has 0 aliphatic carbocycles. The third-order valence-electron chi connectivity index (χ3n) is 4.31. The highest BCUT2D eigenvalue weighted by Crippen LogP contribution is 2.27. The van der Waals surface area contributed by atoms with Crippen molar-refractivity contribution in [2.24, 2.45) is 10.9 Å². The average molecular weight is 498 g/mol. The normalized spacial score (nSPS) is 18.8. The molecule has 0 bridgehead atoms. The summed E-state index contributed by atoms with van der Waals surface area (Å²) < 4.78 is 5.56. The van der Waals surface area contributed by atoms with Crippen molar-refractivity contribution in [2.75, 3.05) is 46.2 Å². The van der Waals surface area contributed by atoms with Crippen molar-refractivity contribution in [1.29, 1.82) is 0 Å². The largest absolute Gasteiger partial charge is 0.381 e. The van der Waals surface area contributed by atoms with Gasteiger partial charge in [-0.1, -0.05) is 23.7 Å². The van der Waals surface area contributed by atoms with Gasteiger partial charge in [-0.05, 0) is 37.3 Å². The molecule has 1 N–H and O–H groups in total. The van der Waals surface area contributed by atoms with Gasteiger partial charge in [0, 0.05) is 49.5 Å². The molecule has 0 spiro atoms. The molecule has 2 rings (SSSR count). The van der Waals surface area contributed by atoms with Gasteiger partial charge in [-0.3, -0.25) is 4.99 Å². The van der Waals surface area contributed by atoms with E-state index in [0.29, 0.717) is 11.2 Å². The van der Waals surface area contributed by atoms with Crippen molar-refractivity contribution in [3.05, 3.63) is 34.9 Å². The topological polar surface area (TPSA) is 36.9 Å². The van der Waals surface area contributed by atoms with Gasteiger partial charge in [0.25, 0.3) is 0 Å². The third kappa shape index (κ3) is 7.15. The van der Waals surface area contributed by atoms with Crippen LogP contribution in [0.15, 0.2) is 29.3 Å². The van der Waals surface area contributed by atoms with E-state index in [0.717, 1.165) is 43.8 Å². The molecule has 2 unspecified atom stereocenters. The van der Waals surface area contributed by atoms with Gasteiger partial charge in [0.05, 0.1) is 6.61 Å². The van der Waals surface area contributed by atoms with Crippen LogP contribution < -0.4 is 5.32 Å². The van der Waals surface area contributed by atoms with Crippen LogP contribution in [0, 0.1) is 5.92 Å². The predicted octanol–water partition coefficient (Wildman–Crippen LogP) is 4.30. The van der Waals surface area contributed by atoms with Gasteiger partial charge in [-0.25, -0.2) is 0 Å². The lowest BCUT2D eigenvalue weighted by atomic mass is 10.1. The van der Waals surface area contributed by atoms with E-state index in [4.69, 9.17) is 16.3 Å². The van der Waals surface area contributed by atoms with Crippen LogP contribution in [0.2, 0.25) is 5.02 Å². The van der Waals surface area contributed by atoms with E-state index in [2.05, 4.69) is 27.5 Å². The molecule has 25 heavy (non-hydrogen) atoms. The van der Waals surface area contributed by atoms with Crippen LogP contribution in [0.5, 0.6) is 0 Å². The number of thioether (sulfide) groups is 1. The maximum absolute atomic E-state index is 6.12. The smallest absolute Gasteiger partial charge is 0.193 e. The number of guanidine groups is 1. The van der Waals surface area contributed by atoms with E-state index < -0.39 is 0 Å². The summed E-state index contributed by atoms with van der Waals surface area (Å²) in [4.78, 5) is 6.79. The van der Waals surface area contributed by atoms with Crippen molar-refractivity contribution in [2.45, 2.75) is 18.6 Å². The lowest BCUT2D eigenvalue weighted by molar-refractivity contribution is 0.114. The van der Waals surface area contributed by atoms with E-state index in [1.165, 1.54) is 12.0 Å². The molecule has 1 aliphatic heterocycles. The van der Waals surface area contributed by atoms with Crippen molar-refractivity contribution in [3.63, 3.8) is 0 Å². The van der Waals surface area contributed by atoms with E-state index in [9.17, 15) is 0 Å². The molecule has 0 saturated carbocycles. The molecular formula is C18H29ClIN3OS. The number of hydrogen-bond acceptors (Lipinski definition) is 3. The van der Waals surface area contributed by atoms with Gasteiger partial charge in [0.15, 0.2) is 5.96 Å². The Morgan fingerprint density at radius 2 is 2.32 bits per heavy atom. The highest BCUT2D eigenvalue weighted by molar-refractivity contribution is 14.0. The number of nitrogens with one attached hydrogen (secondary N) is 1. The average Bonchev–Trinajstić information content (AvgIpc) is 3.05. The molecule has 0 radical (unpaired) electrons. The summed E-state index contributed by atoms with van der Waals surface area (Å²) in [5.74, 6) is 1.59. The zero-order valence-electron chi connectivity index (χ0n) is 15.2. The quantitative estimate of drug-likeness (QED) is 0.346. The summed E-state index contributed by atoms with van der Waals surface area (Å²) in [5.41, 5.74) is 1.24. The van der Waals surface area contributed by atoms with Crippen LogP contribution in [-0.4, -0.2) is 57.0 Å². The first-order chi connectivity index (χ1) is 11.7. The molecule has 1 saturated heterocycles. The molecule has 0 amide bonds. The zero-order chi connectivity index (χ0) is 17.4. The highest BCUT2D eigenvalue weighted by atomic mass is 127. The molecule has 7 heteroatoms. The minimum Gasteiger partial charge on any atom is -0.381 e. The summed E-state index contributed by atoms with van der Waals surface area (Å²) in [6.45, 7) is 6.57. The zero-order valence-corrected chi connectivity index (χ0v) is 19.1. The molecule has 1 aromatic rings. The second-order valence-electron chi connectivity index (χ2n) is 5.97. The van der Waals surface area contributed by atoms with Crippen molar-refractivity contribution < 1.29 is 4.74 Å². The summed E-state index contributed by atoms with van der Waals surface area (Å²) in [6, 6.07) is 8.10. The second-order valence-corrected chi connectivity index (χ2v) is 7.44. The summed E-state index contributed by atoms with van der Waals surface area (Å²) in [7, 11) is 1.85. The number of ether oxygens (including phenoxy) is 1. The van der Waals surface area contributed by atoms with Crippen LogP contribution in [0.1, 0.15) is 24.2 Å². The maximum atomic E-state index is 6.12. The van der Waals surface area contributed by atoms with Crippen LogP contribution in [0.25, 0.3) is 0 Å². The monoisotopic (exact) mass is 497 g/mol. The summed E-state index contributed by atoms with van der Waals surface area (Å²) >= 11 is 7.95. The number of halogens is 2. The fourth-order valence-electron chi connectivity index (χ4n) is 3.01. The van der Waals surface area contributed by atoms with Gasteiger partial charge in [-0.15, -0.1) is 24.0 Å². The SMILES string of the molecule is CCOCC1CCN(C(=NC)NCC(SC)c2cccc(Cl)c2)C1.I. The van der Waals surface area contributed by atoms with Crippen LogP contribution in [0.4, 0.5) is 0 Å². The molecule has 0 aromatic heterocycles. The molecule has 4 nitrogen and oxygen atoms in total. The Morgan fingerprint density at radius 1 is 1.52 bits per heavy atom. The number of benzene rings is 1. The van der Waals surface area contributed by atoms with E-state index in [1.54, 1.807) is 0 Å². The summed E-state index contributed by atoms with van der Waals surface area (Å²) in [6.07, 6.45) is 3.30. The molecule has 1 fully saturated rings. The molecule has 1 aromatic carbocycles. The van der Waals surface area contributed by atoms with Gasteiger partial charge >= 0.3 is 0 Å². The Kier molecular flexibility index (Phi) is 11.2. The minimum absolute atomic E-state index is 0. The summed E-state index contributed by atoms with van der Waals surface area (Å²) in [5, 5.41) is 4.66. The van der Waals surface area contributed by atoms with Crippen LogP contribution in [-0.2, 0) is 4.74 Å². The minimum atomic E-state index is 0. The van der Waals surface area contributed by atoms with Gasteiger partial charge in [0.1, 0.15) is 0 Å². The predicted molar refractivity (Wildman–Crippen MR) is 121 cm³/mol. The van der Waals surface area contributed by atoms with Gasteiger partial charge < -0.3 is 15.0 Å². The number of hydrogen-bond donors (Lipinski definition) is 1. The van der Waals surface area contributed by atoms with E-state index in [1.807, 2.05) is 43.9 Å². The lowest BCUT2D eigenvalue weighted by Gasteiger charge is -2.24. The molecule has 2 atom stereocenters. The van der Waals surface area contributed by atoms with E-state index >= 15 is 0 Å². The van der Waals surface area contributed by atoms with Crippen molar-refractivity contribution >= 4 is 53.3 Å². The van der Waals surface area contributed by atoms with Gasteiger partial charge in [-0.2, -0.15) is 11.8 Å². The standard InChI is InChI=1S/C18H28ClN3OS.HI/c1-4-23-13-14-8-9-22(12-14)18(20-2)21-11-17(24-3)15-6-5-7-16(19)10-15;/h5-7,10,14,17H,4,8-9,11-13H2,1-3H3,(H,20,21);1H. The Balaban J connectivity index is 0.00000312. The van der Waals surface area contributed by atoms with Crippen molar-refractivity contribution in [3.8, 4) is 0 Å². The molecule has 1 heterocycles. The second kappa shape index (κ2) is 12.3. The lowest BCUT2D eigenvalue weighted by Crippen LogP contribution is -2.41. The number of aliphatic imine (C=N–C) groups is 1. The Morgan fingerprint density at radius 3 is 2.96 bits per heavy atom. The van der Waals surface area contributed by atoms with Crippen molar-refractivity contribution in [1.82, 2.24) is 10.2 Å². The fourth-order valence-corrected chi connectivity index (χ4v) is 3.87. The maximum Gasteiger partial charge on any atom is 0.193 e. The highest BCUT2D eigenvalue weighted by Gasteiger charge is 2.25. The first-order valence-electron chi connectivity index (χ1n) is 8.49. The van der Waals surface area contributed by atoms with Crippen LogP contribution in [0.3, 0.4) is 0 Å². The van der Waals surface area contributed by atoms with Gasteiger partial charge in [0.2, 0.25) is 0 Å². The van der Waals surface area contributed by atoms with E-state index in [-0.39, 0.29) is 24.0 Å². The molecular weight excluding hydrogens is 469 g/mol. The molecule has 1 aliphatic rings. The third-order valence-corrected chi connectivity index (χ3v) is 5.55. The van der Waals surface area contributed by atoms with Crippen LogP contribution >= 0.6 is 47.3 Å². The Bertz CT molecular complexity index is 547. The Hall–Kier alpha value is -0.180. The first kappa shape index (κ1) is 22.9. The molecule has 142 valence electrons. The Labute approximate surface area is 178 Å². The first-order valence-corrected chi connectivity index (χ1v) is 10.2. The fraction of sp³-hybridized carbons (Fsp3) is 0.611. The number of rotatable bonds is 7. The number of likely N-dealkylation sites (tertiary alicyclic amines) is 1.